The van der Waals surface area contributed by atoms with Gasteiger partial charge in [0.05, 0.1) is 0 Å². The molecule has 60 valence electrons. The van der Waals surface area contributed by atoms with E-state index in [0.717, 1.165) is 0 Å². The molecule has 2 rings (SSSR count). The van der Waals surface area contributed by atoms with Gasteiger partial charge in [0.1, 0.15) is 24.8 Å². The smallest absolute Gasteiger partial charge is 0.205 e. The number of nitrogen functional groups attached to an aromatic ring is 2. The lowest BCUT2D eigenvalue weighted by atomic mass is 10.4. The topological polar surface area (TPSA) is 86.3 Å². The van der Waals surface area contributed by atoms with E-state index < -0.39 is 0 Å². The van der Waals surface area contributed by atoms with Crippen LogP contribution in [0.5, 0.6) is 11.5 Å². The molecule has 11 heavy (non-hydrogen) atoms. The average Bonchev–Trinajstić information content (AvgIpc) is 2.30. The molecule has 0 spiro atoms. The second-order valence-electron chi connectivity index (χ2n) is 2.31. The predicted octanol–water partition coefficient (Wildman–Crippen LogP) is -0.0497. The zero-order chi connectivity index (χ0) is 7.84. The first-order valence-electron chi connectivity index (χ1n) is 3.31. The standard InChI is InChI=1S/C6H9N3O2/c7-5-3-4(6(8)9-5)11-2-1-10-3/h9H,1-2,7-8H2. The second kappa shape index (κ2) is 1.98. The van der Waals surface area contributed by atoms with Crippen molar-refractivity contribution in [2.45, 2.75) is 0 Å². The Kier molecular flexibility index (Phi) is 1.12. The fourth-order valence-electron chi connectivity index (χ4n) is 1.08. The van der Waals surface area contributed by atoms with Gasteiger partial charge in [-0.3, -0.25) is 0 Å². The molecule has 1 aliphatic heterocycles. The van der Waals surface area contributed by atoms with E-state index in [0.29, 0.717) is 36.3 Å². The fraction of sp³-hybridized carbons (Fsp3) is 0.333. The lowest BCUT2D eigenvalue weighted by Gasteiger charge is -2.14. The van der Waals surface area contributed by atoms with Crippen LogP contribution in [-0.4, -0.2) is 18.2 Å². The van der Waals surface area contributed by atoms with Gasteiger partial charge in [0.2, 0.25) is 11.5 Å². The summed E-state index contributed by atoms with van der Waals surface area (Å²) in [5, 5.41) is 0. The summed E-state index contributed by atoms with van der Waals surface area (Å²) in [5.74, 6) is 1.93. The van der Waals surface area contributed by atoms with Crippen molar-refractivity contribution in [2.75, 3.05) is 24.7 Å². The van der Waals surface area contributed by atoms with E-state index in [9.17, 15) is 0 Å². The highest BCUT2D eigenvalue weighted by Gasteiger charge is 2.20. The lowest BCUT2D eigenvalue weighted by molar-refractivity contribution is 0.175. The first kappa shape index (κ1) is 6.21. The van der Waals surface area contributed by atoms with Crippen LogP contribution in [0.15, 0.2) is 0 Å². The molecule has 5 heteroatoms. The molecule has 0 radical (unpaired) electrons. The summed E-state index contributed by atoms with van der Waals surface area (Å²) < 4.78 is 10.4. The summed E-state index contributed by atoms with van der Waals surface area (Å²) in [7, 11) is 0. The molecule has 0 atom stereocenters. The Hall–Kier alpha value is -1.52. The third-order valence-corrected chi connectivity index (χ3v) is 1.54. The molecule has 5 N–H and O–H groups in total. The molecule has 1 aliphatic rings. The molecule has 0 aliphatic carbocycles. The van der Waals surface area contributed by atoms with Gasteiger partial charge in [-0.05, 0) is 0 Å². The van der Waals surface area contributed by atoms with Crippen molar-refractivity contribution < 1.29 is 9.47 Å². The van der Waals surface area contributed by atoms with Gasteiger partial charge in [-0.25, -0.2) is 0 Å². The SMILES string of the molecule is Nc1[nH]c(N)c2c1OCCO2. The molecular weight excluding hydrogens is 146 g/mol. The van der Waals surface area contributed by atoms with Crippen LogP contribution in [0.25, 0.3) is 0 Å². The Bertz CT molecular complexity index is 255. The minimum absolute atomic E-state index is 0.428. The Balaban J connectivity index is 2.52. The molecule has 0 aromatic carbocycles. The predicted molar refractivity (Wildman–Crippen MR) is 40.6 cm³/mol. The Morgan fingerprint density at radius 2 is 1.45 bits per heavy atom. The molecule has 1 aromatic heterocycles. The van der Waals surface area contributed by atoms with Crippen molar-refractivity contribution in [1.82, 2.24) is 4.98 Å². The van der Waals surface area contributed by atoms with E-state index in [4.69, 9.17) is 20.9 Å². The van der Waals surface area contributed by atoms with Crippen LogP contribution in [0, 0.1) is 0 Å². The molecule has 1 aromatic rings. The van der Waals surface area contributed by atoms with Gasteiger partial charge in [-0.15, -0.1) is 0 Å². The highest BCUT2D eigenvalue weighted by atomic mass is 16.6. The molecule has 0 amide bonds. The quantitative estimate of drug-likeness (QED) is 0.490. The number of nitrogens with one attached hydrogen (secondary N) is 1. The molecule has 0 unspecified atom stereocenters. The summed E-state index contributed by atoms with van der Waals surface area (Å²) in [5.41, 5.74) is 11.0. The zero-order valence-corrected chi connectivity index (χ0v) is 5.89. The van der Waals surface area contributed by atoms with Crippen LogP contribution in [-0.2, 0) is 0 Å². The number of rotatable bonds is 0. The van der Waals surface area contributed by atoms with E-state index in [2.05, 4.69) is 4.98 Å². The molecule has 5 nitrogen and oxygen atoms in total. The summed E-state index contributed by atoms with van der Waals surface area (Å²) in [6, 6.07) is 0. The van der Waals surface area contributed by atoms with Gasteiger partial charge in [-0.2, -0.15) is 0 Å². The number of ether oxygens (including phenoxy) is 2. The second-order valence-corrected chi connectivity index (χ2v) is 2.31. The van der Waals surface area contributed by atoms with Crippen LogP contribution >= 0.6 is 0 Å². The van der Waals surface area contributed by atoms with Crippen LogP contribution in [0.1, 0.15) is 0 Å². The zero-order valence-electron chi connectivity index (χ0n) is 5.89. The van der Waals surface area contributed by atoms with Crippen LogP contribution in [0.4, 0.5) is 11.6 Å². The van der Waals surface area contributed by atoms with Gasteiger partial charge in [-0.1, -0.05) is 0 Å². The van der Waals surface area contributed by atoms with E-state index in [-0.39, 0.29) is 0 Å². The van der Waals surface area contributed by atoms with Crippen molar-refractivity contribution in [3.05, 3.63) is 0 Å². The van der Waals surface area contributed by atoms with Crippen molar-refractivity contribution in [3.63, 3.8) is 0 Å². The molecular formula is C6H9N3O2. The maximum Gasteiger partial charge on any atom is 0.205 e. The number of nitrogens with two attached hydrogens (primary N) is 2. The third-order valence-electron chi connectivity index (χ3n) is 1.54. The first-order chi connectivity index (χ1) is 5.29. The Morgan fingerprint density at radius 3 is 1.91 bits per heavy atom. The minimum Gasteiger partial charge on any atom is -0.483 e. The lowest BCUT2D eigenvalue weighted by Crippen LogP contribution is -2.15. The summed E-state index contributed by atoms with van der Waals surface area (Å²) in [6.45, 7) is 1.04. The van der Waals surface area contributed by atoms with E-state index in [1.54, 1.807) is 0 Å². The number of H-pyrrole nitrogens is 1. The normalized spacial score (nSPS) is 14.9. The number of aromatic nitrogens is 1. The number of hydrogen-bond donors (Lipinski definition) is 3. The fourth-order valence-corrected chi connectivity index (χ4v) is 1.08. The van der Waals surface area contributed by atoms with Crippen LogP contribution in [0.3, 0.4) is 0 Å². The van der Waals surface area contributed by atoms with Crippen molar-refractivity contribution in [1.29, 1.82) is 0 Å². The van der Waals surface area contributed by atoms with E-state index in [1.807, 2.05) is 0 Å². The van der Waals surface area contributed by atoms with Crippen LogP contribution < -0.4 is 20.9 Å². The monoisotopic (exact) mass is 155 g/mol. The minimum atomic E-state index is 0.428. The Labute approximate surface area is 63.3 Å². The maximum atomic E-state index is 5.52. The first-order valence-corrected chi connectivity index (χ1v) is 3.31. The van der Waals surface area contributed by atoms with Gasteiger partial charge in [0, 0.05) is 0 Å². The molecule has 2 heterocycles. The maximum absolute atomic E-state index is 5.52. The van der Waals surface area contributed by atoms with Crippen LogP contribution in [0.2, 0.25) is 0 Å². The van der Waals surface area contributed by atoms with E-state index in [1.165, 1.54) is 0 Å². The largest absolute Gasteiger partial charge is 0.483 e. The molecule has 0 bridgehead atoms. The summed E-state index contributed by atoms with van der Waals surface area (Å²) in [6.07, 6.45) is 0. The van der Waals surface area contributed by atoms with Gasteiger partial charge < -0.3 is 25.9 Å². The van der Waals surface area contributed by atoms with Crippen molar-refractivity contribution in [3.8, 4) is 11.5 Å². The highest BCUT2D eigenvalue weighted by molar-refractivity contribution is 5.68. The highest BCUT2D eigenvalue weighted by Crippen LogP contribution is 2.40. The molecule has 0 saturated carbocycles. The van der Waals surface area contributed by atoms with Gasteiger partial charge in [0.25, 0.3) is 0 Å². The number of hydrogen-bond acceptors (Lipinski definition) is 4. The Morgan fingerprint density at radius 1 is 1.00 bits per heavy atom. The van der Waals surface area contributed by atoms with E-state index >= 15 is 0 Å². The average molecular weight is 155 g/mol. The third kappa shape index (κ3) is 0.772. The number of aromatic amines is 1. The molecule has 0 saturated heterocycles. The molecule has 0 fully saturated rings. The van der Waals surface area contributed by atoms with Crippen molar-refractivity contribution >= 4 is 11.6 Å². The van der Waals surface area contributed by atoms with Gasteiger partial charge >= 0.3 is 0 Å². The van der Waals surface area contributed by atoms with Gasteiger partial charge in [0.15, 0.2) is 0 Å². The number of fused-ring (bicyclic) bond motifs is 1. The summed E-state index contributed by atoms with van der Waals surface area (Å²) >= 11 is 0. The van der Waals surface area contributed by atoms with Crippen molar-refractivity contribution in [2.24, 2.45) is 0 Å². The summed E-state index contributed by atoms with van der Waals surface area (Å²) in [4.78, 5) is 2.72. The number of anilines is 2.